The summed E-state index contributed by atoms with van der Waals surface area (Å²) in [5.41, 5.74) is 6.85. The van der Waals surface area contributed by atoms with Crippen LogP contribution in [0.1, 0.15) is 23.7 Å². The maximum Gasteiger partial charge on any atom is 0.150 e. The van der Waals surface area contributed by atoms with E-state index in [9.17, 15) is 12.8 Å². The Morgan fingerprint density at radius 3 is 2.71 bits per heavy atom. The summed E-state index contributed by atoms with van der Waals surface area (Å²) < 4.78 is 37.0. The van der Waals surface area contributed by atoms with Crippen LogP contribution in [-0.4, -0.2) is 19.9 Å². The van der Waals surface area contributed by atoms with Gasteiger partial charge in [-0.05, 0) is 17.5 Å². The van der Waals surface area contributed by atoms with E-state index < -0.39 is 21.9 Å². The van der Waals surface area contributed by atoms with E-state index in [0.29, 0.717) is 12.0 Å². The number of hydrogen-bond acceptors (Lipinski definition) is 3. The van der Waals surface area contributed by atoms with Gasteiger partial charge in [-0.1, -0.05) is 24.3 Å². The minimum absolute atomic E-state index is 0.0485. The molecule has 1 aromatic carbocycles. The lowest BCUT2D eigenvalue weighted by molar-refractivity contribution is 0.249. The van der Waals surface area contributed by atoms with Gasteiger partial charge in [0, 0.05) is 12.5 Å². The first-order chi connectivity index (χ1) is 8.03. The Morgan fingerprint density at radius 2 is 2.12 bits per heavy atom. The number of halogens is 1. The molecule has 0 saturated carbocycles. The molecule has 17 heavy (non-hydrogen) atoms. The fourth-order valence-corrected chi connectivity index (χ4v) is 4.11. The maximum absolute atomic E-state index is 14.3. The zero-order valence-electron chi connectivity index (χ0n) is 9.47. The van der Waals surface area contributed by atoms with Crippen LogP contribution in [0.25, 0.3) is 0 Å². The summed E-state index contributed by atoms with van der Waals surface area (Å²) in [5, 5.41) is 0. The fourth-order valence-electron chi connectivity index (χ4n) is 2.30. The van der Waals surface area contributed by atoms with Gasteiger partial charge in [0.1, 0.15) is 6.17 Å². The second-order valence-corrected chi connectivity index (χ2v) is 6.70. The van der Waals surface area contributed by atoms with Gasteiger partial charge in [-0.2, -0.15) is 0 Å². The van der Waals surface area contributed by atoms with Crippen molar-refractivity contribution in [2.45, 2.75) is 19.1 Å². The monoisotopic (exact) mass is 257 g/mol. The molecule has 2 N–H and O–H groups in total. The lowest BCUT2D eigenvalue weighted by Gasteiger charge is -2.17. The SMILES string of the molecule is NCc1ccccc1C(F)C1CCS(=O)(=O)C1. The van der Waals surface area contributed by atoms with Crippen LogP contribution >= 0.6 is 0 Å². The molecule has 0 aliphatic carbocycles. The van der Waals surface area contributed by atoms with Gasteiger partial charge >= 0.3 is 0 Å². The van der Waals surface area contributed by atoms with Gasteiger partial charge in [-0.3, -0.25) is 0 Å². The number of sulfone groups is 1. The Bertz CT molecular complexity index is 501. The average Bonchev–Trinajstić information content (AvgIpc) is 2.68. The number of alkyl halides is 1. The fraction of sp³-hybridized carbons (Fsp3) is 0.500. The molecule has 1 aromatic rings. The Kier molecular flexibility index (Phi) is 3.49. The Balaban J connectivity index is 2.23. The van der Waals surface area contributed by atoms with Crippen LogP contribution in [0.3, 0.4) is 0 Å². The highest BCUT2D eigenvalue weighted by molar-refractivity contribution is 7.91. The van der Waals surface area contributed by atoms with Gasteiger partial charge in [0.25, 0.3) is 0 Å². The van der Waals surface area contributed by atoms with Gasteiger partial charge in [0.15, 0.2) is 9.84 Å². The lowest BCUT2D eigenvalue weighted by atomic mass is 9.93. The van der Waals surface area contributed by atoms with E-state index in [1.165, 1.54) is 0 Å². The van der Waals surface area contributed by atoms with Crippen LogP contribution in [0.4, 0.5) is 4.39 Å². The molecule has 2 atom stereocenters. The van der Waals surface area contributed by atoms with Crippen LogP contribution in [-0.2, 0) is 16.4 Å². The van der Waals surface area contributed by atoms with Crippen molar-refractivity contribution in [1.82, 2.24) is 0 Å². The van der Waals surface area contributed by atoms with E-state index in [1.54, 1.807) is 18.2 Å². The molecule has 2 unspecified atom stereocenters. The third-order valence-corrected chi connectivity index (χ3v) is 5.05. The second-order valence-electron chi connectivity index (χ2n) is 4.47. The van der Waals surface area contributed by atoms with Crippen molar-refractivity contribution in [3.63, 3.8) is 0 Å². The Hall–Kier alpha value is -0.940. The van der Waals surface area contributed by atoms with E-state index in [4.69, 9.17) is 5.73 Å². The van der Waals surface area contributed by atoms with Crippen molar-refractivity contribution in [1.29, 1.82) is 0 Å². The maximum atomic E-state index is 14.3. The molecule has 0 bridgehead atoms. The summed E-state index contributed by atoms with van der Waals surface area (Å²) in [6.45, 7) is 0.274. The first-order valence-electron chi connectivity index (χ1n) is 5.66. The molecule has 1 aliphatic rings. The Morgan fingerprint density at radius 1 is 1.41 bits per heavy atom. The van der Waals surface area contributed by atoms with E-state index in [-0.39, 0.29) is 18.1 Å². The minimum atomic E-state index is -3.04. The molecular weight excluding hydrogens is 241 g/mol. The highest BCUT2D eigenvalue weighted by Gasteiger charge is 2.35. The number of rotatable bonds is 3. The Labute approximate surface area is 101 Å². The summed E-state index contributed by atoms with van der Waals surface area (Å²) in [7, 11) is -3.04. The van der Waals surface area contributed by atoms with E-state index in [2.05, 4.69) is 0 Å². The summed E-state index contributed by atoms with van der Waals surface area (Å²) in [6.07, 6.45) is -0.824. The standard InChI is InChI=1S/C12H16FNO2S/c13-12(10-5-6-17(15,16)8-10)11-4-2-1-3-9(11)7-14/h1-4,10,12H,5-8,14H2. The van der Waals surface area contributed by atoms with Gasteiger partial charge in [-0.15, -0.1) is 0 Å². The molecule has 0 aromatic heterocycles. The van der Waals surface area contributed by atoms with Crippen molar-refractivity contribution in [3.05, 3.63) is 35.4 Å². The third-order valence-electron chi connectivity index (χ3n) is 3.25. The zero-order valence-corrected chi connectivity index (χ0v) is 10.3. The van der Waals surface area contributed by atoms with Gasteiger partial charge in [0.05, 0.1) is 11.5 Å². The molecule has 3 nitrogen and oxygen atoms in total. The van der Waals surface area contributed by atoms with Crippen LogP contribution < -0.4 is 5.73 Å². The topological polar surface area (TPSA) is 60.2 Å². The molecule has 0 radical (unpaired) electrons. The van der Waals surface area contributed by atoms with Gasteiger partial charge in [0.2, 0.25) is 0 Å². The minimum Gasteiger partial charge on any atom is -0.326 e. The molecule has 1 heterocycles. The lowest BCUT2D eigenvalue weighted by Crippen LogP contribution is -2.13. The molecule has 0 amide bonds. The normalized spacial score (nSPS) is 24.7. The number of hydrogen-bond donors (Lipinski definition) is 1. The van der Waals surface area contributed by atoms with Crippen molar-refractivity contribution < 1.29 is 12.8 Å². The average molecular weight is 257 g/mol. The number of nitrogens with two attached hydrogens (primary N) is 1. The van der Waals surface area contributed by atoms with Crippen molar-refractivity contribution >= 4 is 9.84 Å². The molecule has 2 rings (SSSR count). The summed E-state index contributed by atoms with van der Waals surface area (Å²) >= 11 is 0. The van der Waals surface area contributed by atoms with E-state index >= 15 is 0 Å². The molecule has 94 valence electrons. The highest BCUT2D eigenvalue weighted by Crippen LogP contribution is 2.35. The summed E-state index contributed by atoms with van der Waals surface area (Å²) in [4.78, 5) is 0. The van der Waals surface area contributed by atoms with E-state index in [0.717, 1.165) is 5.56 Å². The van der Waals surface area contributed by atoms with E-state index in [1.807, 2.05) is 6.07 Å². The molecule has 5 heteroatoms. The first-order valence-corrected chi connectivity index (χ1v) is 7.48. The third kappa shape index (κ3) is 2.66. The first kappa shape index (κ1) is 12.5. The molecule has 1 saturated heterocycles. The van der Waals surface area contributed by atoms with Crippen molar-refractivity contribution in [3.8, 4) is 0 Å². The van der Waals surface area contributed by atoms with Gasteiger partial charge in [-0.25, -0.2) is 12.8 Å². The van der Waals surface area contributed by atoms with Gasteiger partial charge < -0.3 is 5.73 Å². The van der Waals surface area contributed by atoms with Crippen LogP contribution in [0.2, 0.25) is 0 Å². The van der Waals surface area contributed by atoms with Crippen LogP contribution in [0.15, 0.2) is 24.3 Å². The smallest absolute Gasteiger partial charge is 0.150 e. The molecule has 1 aliphatic heterocycles. The number of benzene rings is 1. The quantitative estimate of drug-likeness (QED) is 0.894. The highest BCUT2D eigenvalue weighted by atomic mass is 32.2. The van der Waals surface area contributed by atoms with Crippen LogP contribution in [0, 0.1) is 5.92 Å². The predicted octanol–water partition coefficient (Wildman–Crippen LogP) is 1.59. The molecule has 1 fully saturated rings. The van der Waals surface area contributed by atoms with Crippen molar-refractivity contribution in [2.75, 3.05) is 11.5 Å². The summed E-state index contributed by atoms with van der Waals surface area (Å²) in [6, 6.07) is 7.04. The zero-order chi connectivity index (χ0) is 12.5. The molecule has 0 spiro atoms. The largest absolute Gasteiger partial charge is 0.326 e. The molecular formula is C12H16FNO2S. The van der Waals surface area contributed by atoms with Crippen LogP contribution in [0.5, 0.6) is 0 Å². The second kappa shape index (κ2) is 4.74. The summed E-state index contributed by atoms with van der Waals surface area (Å²) in [5.74, 6) is -0.372. The predicted molar refractivity (Wildman–Crippen MR) is 64.9 cm³/mol. The van der Waals surface area contributed by atoms with Crippen molar-refractivity contribution in [2.24, 2.45) is 11.7 Å².